The molecule has 3 fully saturated rings. The summed E-state index contributed by atoms with van der Waals surface area (Å²) < 4.78 is 29.7. The second kappa shape index (κ2) is 10.7. The van der Waals surface area contributed by atoms with Crippen LogP contribution in [0.5, 0.6) is 0 Å². The Bertz CT molecular complexity index is 1070. The summed E-state index contributed by atoms with van der Waals surface area (Å²) in [4.78, 5) is 15.8. The summed E-state index contributed by atoms with van der Waals surface area (Å²) >= 11 is 1.66. The molecule has 37 heavy (non-hydrogen) atoms. The molecule has 0 radical (unpaired) electrons. The largest absolute Gasteiger partial charge is 0.349 e. The zero-order chi connectivity index (χ0) is 26.3. The van der Waals surface area contributed by atoms with Crippen LogP contribution < -0.4 is 5.32 Å². The Labute approximate surface area is 223 Å². The molecule has 2 saturated heterocycles. The number of carbonyl (C=O) groups is 1. The number of aryl methyl sites for hydroxylation is 2. The topological polar surface area (TPSA) is 63.1 Å². The Morgan fingerprint density at radius 3 is 2.35 bits per heavy atom. The van der Waals surface area contributed by atoms with Crippen LogP contribution in [0, 0.1) is 19.8 Å². The number of nitrogens with zero attached hydrogens (tertiary/aromatic N) is 4. The minimum atomic E-state index is -2.62. The predicted molar refractivity (Wildman–Crippen MR) is 142 cm³/mol. The average molecular weight is 534 g/mol. The van der Waals surface area contributed by atoms with Crippen molar-refractivity contribution in [2.75, 3.05) is 6.54 Å². The summed E-state index contributed by atoms with van der Waals surface area (Å²) in [5.74, 6) is -0.533. The lowest BCUT2D eigenvalue weighted by molar-refractivity contribution is -0.130. The standard InChI is InChI=1S/C28H41F2N5OS/c1-17(2)26-33-32-19(4)35(26)23-13-21-5-6-22(14-23)34(21)12-9-25(24-16-37-15-18(24)3)31-27(36)20-7-10-28(29,30)11-8-20/h15-17,20-23,25H,5-14H2,1-4H3,(H,31,36)/t21-,22+,23?,25-/m0/s1. The lowest BCUT2D eigenvalue weighted by Crippen LogP contribution is -2.45. The van der Waals surface area contributed by atoms with Crippen molar-refractivity contribution in [3.63, 3.8) is 0 Å². The molecule has 3 aliphatic rings. The van der Waals surface area contributed by atoms with Crippen LogP contribution in [-0.4, -0.2) is 50.1 Å². The zero-order valence-electron chi connectivity index (χ0n) is 22.6. The van der Waals surface area contributed by atoms with Crippen molar-refractivity contribution in [3.05, 3.63) is 33.5 Å². The molecule has 2 aliphatic heterocycles. The first-order valence-electron chi connectivity index (χ1n) is 14.0. The molecule has 1 unspecified atom stereocenters. The molecule has 1 amide bonds. The molecule has 2 aromatic rings. The van der Waals surface area contributed by atoms with E-state index in [4.69, 9.17) is 0 Å². The lowest BCUT2D eigenvalue weighted by Gasteiger charge is -2.40. The number of alkyl halides is 2. The van der Waals surface area contributed by atoms with E-state index in [9.17, 15) is 13.6 Å². The Morgan fingerprint density at radius 2 is 1.76 bits per heavy atom. The van der Waals surface area contributed by atoms with Crippen LogP contribution in [0.15, 0.2) is 10.8 Å². The highest BCUT2D eigenvalue weighted by atomic mass is 32.1. The van der Waals surface area contributed by atoms with Crippen molar-refractivity contribution in [1.29, 1.82) is 0 Å². The van der Waals surface area contributed by atoms with Crippen LogP contribution in [0.4, 0.5) is 8.78 Å². The molecule has 1 aliphatic carbocycles. The van der Waals surface area contributed by atoms with Gasteiger partial charge < -0.3 is 9.88 Å². The summed E-state index contributed by atoms with van der Waals surface area (Å²) in [5.41, 5.74) is 2.36. The number of piperidine rings is 1. The number of nitrogens with one attached hydrogen (secondary N) is 1. The summed E-state index contributed by atoms with van der Waals surface area (Å²) in [6.07, 6.45) is 5.66. The van der Waals surface area contributed by atoms with Crippen molar-refractivity contribution in [3.8, 4) is 0 Å². The minimum absolute atomic E-state index is 0.0583. The number of carbonyl (C=O) groups excluding carboxylic acids is 1. The smallest absolute Gasteiger partial charge is 0.248 e. The molecule has 6 nitrogen and oxygen atoms in total. The van der Waals surface area contributed by atoms with Gasteiger partial charge in [-0.05, 0) is 80.7 Å². The third-order valence-electron chi connectivity index (χ3n) is 8.98. The van der Waals surface area contributed by atoms with Gasteiger partial charge in [0.05, 0.1) is 6.04 Å². The normalized spacial score (nSPS) is 27.1. The second-order valence-corrected chi connectivity index (χ2v) is 12.6. The quantitative estimate of drug-likeness (QED) is 0.431. The van der Waals surface area contributed by atoms with E-state index in [2.05, 4.69) is 63.4 Å². The van der Waals surface area contributed by atoms with Crippen molar-refractivity contribution < 1.29 is 13.6 Å². The molecule has 1 N–H and O–H groups in total. The molecule has 0 aromatic carbocycles. The van der Waals surface area contributed by atoms with Crippen LogP contribution in [-0.2, 0) is 4.79 Å². The highest BCUT2D eigenvalue weighted by Crippen LogP contribution is 2.43. The first-order chi connectivity index (χ1) is 17.6. The van der Waals surface area contributed by atoms with Gasteiger partial charge in [0, 0.05) is 49.3 Å². The SMILES string of the molecule is Cc1cscc1[C@H](CCN1[C@@H]2CC[C@H]1CC(n1c(C)nnc1C(C)C)C2)NC(=O)C1CCC(F)(F)CC1. The fraction of sp³-hybridized carbons (Fsp3) is 0.750. The van der Waals surface area contributed by atoms with Gasteiger partial charge in [0.1, 0.15) is 11.6 Å². The number of thiophene rings is 1. The zero-order valence-corrected chi connectivity index (χ0v) is 23.4. The van der Waals surface area contributed by atoms with Gasteiger partial charge in [-0.3, -0.25) is 9.69 Å². The highest BCUT2D eigenvalue weighted by Gasteiger charge is 2.43. The maximum absolute atomic E-state index is 13.6. The van der Waals surface area contributed by atoms with Crippen molar-refractivity contribution >= 4 is 17.2 Å². The number of aromatic nitrogens is 3. The van der Waals surface area contributed by atoms with Gasteiger partial charge >= 0.3 is 0 Å². The van der Waals surface area contributed by atoms with Gasteiger partial charge in [0.15, 0.2) is 0 Å². The van der Waals surface area contributed by atoms with Gasteiger partial charge in [0.2, 0.25) is 11.8 Å². The van der Waals surface area contributed by atoms with Crippen molar-refractivity contribution in [2.45, 2.75) is 121 Å². The molecular formula is C28H41F2N5OS. The minimum Gasteiger partial charge on any atom is -0.349 e. The van der Waals surface area contributed by atoms with E-state index in [0.29, 0.717) is 24.0 Å². The molecule has 204 valence electrons. The third-order valence-corrected chi connectivity index (χ3v) is 9.86. The van der Waals surface area contributed by atoms with E-state index in [1.165, 1.54) is 24.0 Å². The maximum atomic E-state index is 13.6. The lowest BCUT2D eigenvalue weighted by atomic mass is 9.86. The van der Waals surface area contributed by atoms with Crippen LogP contribution in [0.3, 0.4) is 0 Å². The number of amides is 1. The van der Waals surface area contributed by atoms with Crippen molar-refractivity contribution in [2.24, 2.45) is 5.92 Å². The van der Waals surface area contributed by atoms with Gasteiger partial charge in [-0.15, -0.1) is 10.2 Å². The van der Waals surface area contributed by atoms with Gasteiger partial charge in [-0.1, -0.05) is 13.8 Å². The Balaban J connectivity index is 1.24. The average Bonchev–Trinajstić information content (AvgIpc) is 3.51. The molecule has 2 bridgehead atoms. The number of fused-ring (bicyclic) bond motifs is 2. The summed E-state index contributed by atoms with van der Waals surface area (Å²) in [6, 6.07) is 1.43. The van der Waals surface area contributed by atoms with Crippen LogP contribution in [0.25, 0.3) is 0 Å². The molecule has 4 heterocycles. The second-order valence-electron chi connectivity index (χ2n) is 11.9. The molecule has 4 atom stereocenters. The number of rotatable bonds is 8. The van der Waals surface area contributed by atoms with Gasteiger partial charge in [-0.25, -0.2) is 8.78 Å². The van der Waals surface area contributed by atoms with Crippen LogP contribution >= 0.6 is 11.3 Å². The summed E-state index contributed by atoms with van der Waals surface area (Å²) in [6.45, 7) is 9.46. The molecule has 1 saturated carbocycles. The molecule has 9 heteroatoms. The summed E-state index contributed by atoms with van der Waals surface area (Å²) in [5, 5.41) is 16.4. The van der Waals surface area contributed by atoms with Gasteiger partial charge in [0.25, 0.3) is 0 Å². The monoisotopic (exact) mass is 533 g/mol. The van der Waals surface area contributed by atoms with E-state index < -0.39 is 5.92 Å². The third kappa shape index (κ3) is 5.63. The first kappa shape index (κ1) is 26.7. The van der Waals surface area contributed by atoms with E-state index >= 15 is 0 Å². The van der Waals surface area contributed by atoms with E-state index in [0.717, 1.165) is 37.5 Å². The Kier molecular flexibility index (Phi) is 7.74. The number of halogens is 2. The van der Waals surface area contributed by atoms with E-state index in [1.54, 1.807) is 11.3 Å². The van der Waals surface area contributed by atoms with E-state index in [1.807, 2.05) is 0 Å². The molecule has 0 spiro atoms. The van der Waals surface area contributed by atoms with Crippen molar-refractivity contribution in [1.82, 2.24) is 25.0 Å². The predicted octanol–water partition coefficient (Wildman–Crippen LogP) is 6.32. The highest BCUT2D eigenvalue weighted by molar-refractivity contribution is 7.08. The van der Waals surface area contributed by atoms with Gasteiger partial charge in [-0.2, -0.15) is 11.3 Å². The fourth-order valence-corrected chi connectivity index (χ4v) is 7.86. The maximum Gasteiger partial charge on any atom is 0.248 e. The van der Waals surface area contributed by atoms with Crippen LogP contribution in [0.2, 0.25) is 0 Å². The number of hydrogen-bond donors (Lipinski definition) is 1. The molecule has 5 rings (SSSR count). The van der Waals surface area contributed by atoms with Crippen LogP contribution in [0.1, 0.15) is 112 Å². The molecule has 2 aromatic heterocycles. The summed E-state index contributed by atoms with van der Waals surface area (Å²) in [7, 11) is 0. The fourth-order valence-electron chi connectivity index (χ4n) is 6.95. The Hall–Kier alpha value is -1.87. The first-order valence-corrected chi connectivity index (χ1v) is 14.9. The van der Waals surface area contributed by atoms with E-state index in [-0.39, 0.29) is 43.6 Å². The Morgan fingerprint density at radius 1 is 1.08 bits per heavy atom. The number of hydrogen-bond acceptors (Lipinski definition) is 5. The molecular weight excluding hydrogens is 492 g/mol.